The van der Waals surface area contributed by atoms with Crippen molar-refractivity contribution >= 4 is 10.1 Å². The molecule has 0 aliphatic carbocycles. The smallest absolute Gasteiger partial charge is 0.294 e. The van der Waals surface area contributed by atoms with Gasteiger partial charge in [0.05, 0.1) is 19.1 Å². The Kier molecular flexibility index (Phi) is 7.59. The molecule has 3 aromatic rings. The highest BCUT2D eigenvalue weighted by Crippen LogP contribution is 2.40. The van der Waals surface area contributed by atoms with Crippen molar-refractivity contribution < 1.29 is 22.4 Å². The van der Waals surface area contributed by atoms with Gasteiger partial charge in [0, 0.05) is 17.0 Å². The van der Waals surface area contributed by atoms with E-state index < -0.39 is 10.1 Å². The molecule has 0 fully saturated rings. The Hall–Kier alpha value is -2.83. The summed E-state index contributed by atoms with van der Waals surface area (Å²) in [6, 6.07) is 18.8. The molecule has 0 radical (unpaired) electrons. The predicted molar refractivity (Wildman–Crippen MR) is 126 cm³/mol. The van der Waals surface area contributed by atoms with Gasteiger partial charge in [0.15, 0.2) is 0 Å². The van der Waals surface area contributed by atoms with Crippen LogP contribution in [0.1, 0.15) is 46.6 Å². The molecule has 0 bridgehead atoms. The minimum absolute atomic E-state index is 0.0804. The average molecular weight is 455 g/mol. The highest BCUT2D eigenvalue weighted by atomic mass is 32.2. The predicted octanol–water partition coefficient (Wildman–Crippen LogP) is 5.72. The van der Waals surface area contributed by atoms with Crippen molar-refractivity contribution in [2.45, 2.75) is 43.9 Å². The van der Waals surface area contributed by atoms with Gasteiger partial charge in [-0.15, -0.1) is 0 Å². The lowest BCUT2D eigenvalue weighted by molar-refractivity contribution is 0.397. The molecule has 0 atom stereocenters. The van der Waals surface area contributed by atoms with Crippen molar-refractivity contribution in [3.63, 3.8) is 0 Å². The molecule has 0 aliphatic heterocycles. The van der Waals surface area contributed by atoms with Gasteiger partial charge >= 0.3 is 0 Å². The summed E-state index contributed by atoms with van der Waals surface area (Å²) in [6.07, 6.45) is 2.52. The minimum Gasteiger partial charge on any atom is -0.496 e. The number of aryl methyl sites for hydroxylation is 3. The van der Waals surface area contributed by atoms with E-state index in [9.17, 15) is 13.0 Å². The zero-order valence-corrected chi connectivity index (χ0v) is 19.8. The van der Waals surface area contributed by atoms with Gasteiger partial charge in [-0.3, -0.25) is 4.55 Å². The van der Waals surface area contributed by atoms with Crippen LogP contribution in [0, 0.1) is 13.8 Å². The highest BCUT2D eigenvalue weighted by molar-refractivity contribution is 7.85. The van der Waals surface area contributed by atoms with Gasteiger partial charge < -0.3 is 9.47 Å². The van der Waals surface area contributed by atoms with E-state index in [0.29, 0.717) is 0 Å². The first-order chi connectivity index (χ1) is 15.2. The standard InChI is InChI=1S/C26H30O5S/c1-18-8-14-25(30-3)23(16-18)22(24-17-19(2)9-15-26(24)31-4)7-5-6-20-10-12-21(13-11-20)32(27,28)29/h8-17,22H,5-7H2,1-4H3,(H,27,28,29). The quantitative estimate of drug-likeness (QED) is 0.419. The maximum atomic E-state index is 11.3. The molecule has 6 heteroatoms. The molecular formula is C26H30O5S. The molecule has 0 amide bonds. The van der Waals surface area contributed by atoms with E-state index >= 15 is 0 Å². The SMILES string of the molecule is COc1ccc(C)cc1C(CCCc1ccc(S(=O)(=O)O)cc1)c1cc(C)ccc1OC. The molecule has 0 saturated heterocycles. The largest absolute Gasteiger partial charge is 0.496 e. The molecule has 3 rings (SSSR count). The number of hydrogen-bond donors (Lipinski definition) is 1. The molecule has 5 nitrogen and oxygen atoms in total. The number of rotatable bonds is 9. The van der Waals surface area contributed by atoms with Crippen molar-refractivity contribution in [1.82, 2.24) is 0 Å². The Balaban J connectivity index is 1.91. The Bertz CT molecular complexity index is 1110. The summed E-state index contributed by atoms with van der Waals surface area (Å²) in [6.45, 7) is 4.15. The zero-order valence-electron chi connectivity index (χ0n) is 19.0. The third kappa shape index (κ3) is 5.69. The third-order valence-corrected chi connectivity index (χ3v) is 6.57. The van der Waals surface area contributed by atoms with Crippen molar-refractivity contribution in [1.29, 1.82) is 0 Å². The topological polar surface area (TPSA) is 72.8 Å². The van der Waals surface area contributed by atoms with Crippen LogP contribution < -0.4 is 9.47 Å². The van der Waals surface area contributed by atoms with Crippen molar-refractivity contribution in [2.75, 3.05) is 14.2 Å². The molecular weight excluding hydrogens is 424 g/mol. The highest BCUT2D eigenvalue weighted by Gasteiger charge is 2.22. The second-order valence-corrected chi connectivity index (χ2v) is 9.48. The minimum atomic E-state index is -4.18. The van der Waals surface area contributed by atoms with Gasteiger partial charge in [-0.1, -0.05) is 47.5 Å². The summed E-state index contributed by atoms with van der Waals surface area (Å²) in [5, 5.41) is 0. The first kappa shape index (κ1) is 23.8. The number of benzene rings is 3. The average Bonchev–Trinajstić information content (AvgIpc) is 2.76. The normalized spacial score (nSPS) is 11.6. The van der Waals surface area contributed by atoms with Gasteiger partial charge in [-0.25, -0.2) is 0 Å². The van der Waals surface area contributed by atoms with Crippen LogP contribution in [0.4, 0.5) is 0 Å². The van der Waals surface area contributed by atoms with Crippen LogP contribution in [0.5, 0.6) is 11.5 Å². The van der Waals surface area contributed by atoms with E-state index in [1.165, 1.54) is 23.3 Å². The lowest BCUT2D eigenvalue weighted by atomic mass is 9.84. The first-order valence-corrected chi connectivity index (χ1v) is 12.0. The van der Waals surface area contributed by atoms with Gasteiger partial charge in [-0.05, 0) is 62.9 Å². The van der Waals surface area contributed by atoms with Gasteiger partial charge in [-0.2, -0.15) is 8.42 Å². The lowest BCUT2D eigenvalue weighted by Crippen LogP contribution is -2.07. The Morgan fingerprint density at radius 3 is 1.75 bits per heavy atom. The first-order valence-electron chi connectivity index (χ1n) is 10.6. The second kappa shape index (κ2) is 10.2. The van der Waals surface area contributed by atoms with Gasteiger partial charge in [0.1, 0.15) is 11.5 Å². The summed E-state index contributed by atoms with van der Waals surface area (Å²) in [5.41, 5.74) is 5.59. The van der Waals surface area contributed by atoms with E-state index in [1.54, 1.807) is 26.4 Å². The van der Waals surface area contributed by atoms with E-state index in [-0.39, 0.29) is 10.8 Å². The number of ether oxygens (including phenoxy) is 2. The molecule has 3 aromatic carbocycles. The molecule has 0 saturated carbocycles. The molecule has 0 heterocycles. The molecule has 170 valence electrons. The molecule has 0 aromatic heterocycles. The van der Waals surface area contributed by atoms with E-state index in [1.807, 2.05) is 24.3 Å². The summed E-state index contributed by atoms with van der Waals surface area (Å²) in [7, 11) is -0.797. The Morgan fingerprint density at radius 1 is 0.812 bits per heavy atom. The Labute approximate surface area is 190 Å². The molecule has 0 spiro atoms. The summed E-state index contributed by atoms with van der Waals surface area (Å²) >= 11 is 0. The van der Waals surface area contributed by atoms with Gasteiger partial charge in [0.2, 0.25) is 0 Å². The van der Waals surface area contributed by atoms with Crippen LogP contribution in [0.2, 0.25) is 0 Å². The Morgan fingerprint density at radius 2 is 1.31 bits per heavy atom. The van der Waals surface area contributed by atoms with E-state index in [4.69, 9.17) is 9.47 Å². The summed E-state index contributed by atoms with van der Waals surface area (Å²) in [4.78, 5) is -0.0897. The lowest BCUT2D eigenvalue weighted by Gasteiger charge is -2.23. The van der Waals surface area contributed by atoms with Crippen LogP contribution in [-0.2, 0) is 16.5 Å². The van der Waals surface area contributed by atoms with Crippen molar-refractivity contribution in [3.8, 4) is 11.5 Å². The molecule has 0 unspecified atom stereocenters. The fourth-order valence-corrected chi connectivity index (χ4v) is 4.55. The maximum absolute atomic E-state index is 11.3. The zero-order chi connectivity index (χ0) is 23.3. The number of hydrogen-bond acceptors (Lipinski definition) is 4. The van der Waals surface area contributed by atoms with Crippen LogP contribution in [-0.4, -0.2) is 27.2 Å². The fourth-order valence-electron chi connectivity index (χ4n) is 4.07. The molecule has 1 N–H and O–H groups in total. The van der Waals surface area contributed by atoms with Crippen molar-refractivity contribution in [3.05, 3.63) is 88.5 Å². The van der Waals surface area contributed by atoms with Crippen molar-refractivity contribution in [2.24, 2.45) is 0 Å². The number of methoxy groups -OCH3 is 2. The van der Waals surface area contributed by atoms with Crippen LogP contribution in [0.15, 0.2) is 65.6 Å². The second-order valence-electron chi connectivity index (χ2n) is 8.05. The maximum Gasteiger partial charge on any atom is 0.294 e. The van der Waals surface area contributed by atoms with E-state index in [0.717, 1.165) is 47.5 Å². The molecule has 0 aliphatic rings. The van der Waals surface area contributed by atoms with Gasteiger partial charge in [0.25, 0.3) is 10.1 Å². The van der Waals surface area contributed by atoms with E-state index in [2.05, 4.69) is 26.0 Å². The van der Waals surface area contributed by atoms with Crippen LogP contribution in [0.3, 0.4) is 0 Å². The monoisotopic (exact) mass is 454 g/mol. The summed E-state index contributed by atoms with van der Waals surface area (Å²) < 4.78 is 43.1. The summed E-state index contributed by atoms with van der Waals surface area (Å²) in [5.74, 6) is 1.78. The van der Waals surface area contributed by atoms with Crippen LogP contribution in [0.25, 0.3) is 0 Å². The third-order valence-electron chi connectivity index (χ3n) is 5.70. The molecule has 32 heavy (non-hydrogen) atoms. The fraction of sp³-hybridized carbons (Fsp3) is 0.308. The van der Waals surface area contributed by atoms with Crippen LogP contribution >= 0.6 is 0 Å².